The molecule has 0 aliphatic rings. The third-order valence-corrected chi connectivity index (χ3v) is 3.16. The number of phenolic OH excluding ortho intramolecular Hbond substituents is 1. The molecule has 23 heavy (non-hydrogen) atoms. The topological polar surface area (TPSA) is 107 Å². The molecular formula is C14H18BrN7O. The first-order valence-corrected chi connectivity index (χ1v) is 7.93. The molecule has 4 N–H and O–H groups in total. The third kappa shape index (κ3) is 5.06. The van der Waals surface area contributed by atoms with Gasteiger partial charge in [0.25, 0.3) is 0 Å². The highest BCUT2D eigenvalue weighted by Crippen LogP contribution is 2.20. The van der Waals surface area contributed by atoms with E-state index in [0.717, 1.165) is 4.47 Å². The van der Waals surface area contributed by atoms with E-state index >= 15 is 0 Å². The molecule has 0 spiro atoms. The van der Waals surface area contributed by atoms with E-state index in [9.17, 15) is 5.11 Å². The normalized spacial score (nSPS) is 10.7. The smallest absolute Gasteiger partial charge is 0.250 e. The minimum atomic E-state index is 0.135. The van der Waals surface area contributed by atoms with Crippen molar-refractivity contribution in [2.24, 2.45) is 5.10 Å². The number of halogens is 1. The van der Waals surface area contributed by atoms with Crippen molar-refractivity contribution in [1.82, 2.24) is 15.0 Å². The average Bonchev–Trinajstić information content (AvgIpc) is 2.51. The van der Waals surface area contributed by atoms with Gasteiger partial charge < -0.3 is 15.7 Å². The molecule has 0 aliphatic carbocycles. The molecule has 2 rings (SSSR count). The number of rotatable bonds is 7. The van der Waals surface area contributed by atoms with Gasteiger partial charge in [0, 0.05) is 23.1 Å². The van der Waals surface area contributed by atoms with E-state index in [2.05, 4.69) is 52.0 Å². The van der Waals surface area contributed by atoms with Crippen LogP contribution in [0, 0.1) is 0 Å². The van der Waals surface area contributed by atoms with Gasteiger partial charge in [-0.3, -0.25) is 0 Å². The molecule has 0 saturated carbocycles. The van der Waals surface area contributed by atoms with Gasteiger partial charge in [-0.1, -0.05) is 15.9 Å². The molecule has 9 heteroatoms. The fourth-order valence-corrected chi connectivity index (χ4v) is 2.07. The number of nitrogens with zero attached hydrogens (tertiary/aromatic N) is 4. The molecule has 1 aromatic heterocycles. The van der Waals surface area contributed by atoms with Crippen molar-refractivity contribution < 1.29 is 5.11 Å². The summed E-state index contributed by atoms with van der Waals surface area (Å²) < 4.78 is 0.848. The van der Waals surface area contributed by atoms with Gasteiger partial charge in [-0.15, -0.1) is 0 Å². The van der Waals surface area contributed by atoms with E-state index in [1.54, 1.807) is 18.2 Å². The number of nitrogens with one attached hydrogen (secondary N) is 3. The van der Waals surface area contributed by atoms with Crippen molar-refractivity contribution in [3.8, 4) is 5.75 Å². The predicted octanol–water partition coefficient (Wildman–Crippen LogP) is 2.65. The van der Waals surface area contributed by atoms with Crippen LogP contribution in [0.2, 0.25) is 0 Å². The van der Waals surface area contributed by atoms with Gasteiger partial charge in [0.15, 0.2) is 0 Å². The number of hydrogen-bond donors (Lipinski definition) is 4. The zero-order chi connectivity index (χ0) is 16.7. The largest absolute Gasteiger partial charge is 0.507 e. The minimum Gasteiger partial charge on any atom is -0.507 e. The number of aromatic hydroxyl groups is 1. The Bertz CT molecular complexity index is 669. The first-order valence-electron chi connectivity index (χ1n) is 7.13. The summed E-state index contributed by atoms with van der Waals surface area (Å²) in [6.45, 7) is 5.31. The molecule has 1 heterocycles. The van der Waals surface area contributed by atoms with Crippen LogP contribution in [0.25, 0.3) is 0 Å². The molecule has 0 atom stereocenters. The number of anilines is 3. The molecule has 1 aromatic carbocycles. The van der Waals surface area contributed by atoms with Crippen molar-refractivity contribution in [3.05, 3.63) is 28.2 Å². The molecule has 0 fully saturated rings. The van der Waals surface area contributed by atoms with Crippen LogP contribution >= 0.6 is 15.9 Å². The molecule has 0 unspecified atom stereocenters. The summed E-state index contributed by atoms with van der Waals surface area (Å²) in [5.74, 6) is 1.36. The maximum absolute atomic E-state index is 9.76. The lowest BCUT2D eigenvalue weighted by atomic mass is 10.2. The number of phenols is 1. The third-order valence-electron chi connectivity index (χ3n) is 2.66. The SMILES string of the molecule is CCNc1nc(NCC)nc(NN=Cc2cc(Br)ccc2O)n1. The molecule has 8 nitrogen and oxygen atoms in total. The Hall–Kier alpha value is -2.42. The predicted molar refractivity (Wildman–Crippen MR) is 95.2 cm³/mol. The van der Waals surface area contributed by atoms with E-state index < -0.39 is 0 Å². The fraction of sp³-hybridized carbons (Fsp3) is 0.286. The van der Waals surface area contributed by atoms with E-state index in [-0.39, 0.29) is 5.75 Å². The van der Waals surface area contributed by atoms with Gasteiger partial charge in [0.2, 0.25) is 17.8 Å². The van der Waals surface area contributed by atoms with Gasteiger partial charge in [0.05, 0.1) is 6.21 Å². The lowest BCUT2D eigenvalue weighted by molar-refractivity contribution is 0.474. The standard InChI is InChI=1S/C14H18BrN7O/c1-3-16-12-19-13(17-4-2)21-14(20-12)22-18-8-9-7-10(15)5-6-11(9)23/h5-8,23H,3-4H2,1-2H3,(H3,16,17,19,20,21,22). The van der Waals surface area contributed by atoms with Crippen LogP contribution < -0.4 is 16.1 Å². The van der Waals surface area contributed by atoms with Gasteiger partial charge >= 0.3 is 0 Å². The van der Waals surface area contributed by atoms with Crippen LogP contribution in [-0.4, -0.2) is 39.4 Å². The van der Waals surface area contributed by atoms with Crippen LogP contribution in [0.4, 0.5) is 17.8 Å². The highest BCUT2D eigenvalue weighted by atomic mass is 79.9. The molecule has 0 aliphatic heterocycles. The first kappa shape index (κ1) is 16.9. The monoisotopic (exact) mass is 379 g/mol. The van der Waals surface area contributed by atoms with Crippen LogP contribution in [0.5, 0.6) is 5.75 Å². The average molecular weight is 380 g/mol. The van der Waals surface area contributed by atoms with Crippen molar-refractivity contribution in [1.29, 1.82) is 0 Å². The van der Waals surface area contributed by atoms with Crippen molar-refractivity contribution in [2.45, 2.75) is 13.8 Å². The summed E-state index contributed by atoms with van der Waals surface area (Å²) in [7, 11) is 0. The maximum atomic E-state index is 9.76. The second-order valence-electron chi connectivity index (χ2n) is 4.44. The Morgan fingerprint density at radius 3 is 2.30 bits per heavy atom. The Labute approximate surface area is 142 Å². The van der Waals surface area contributed by atoms with Gasteiger partial charge in [-0.2, -0.15) is 20.1 Å². The second kappa shape index (κ2) is 8.28. The summed E-state index contributed by atoms with van der Waals surface area (Å²) in [5.41, 5.74) is 3.31. The lowest BCUT2D eigenvalue weighted by Gasteiger charge is -2.07. The number of aromatic nitrogens is 3. The van der Waals surface area contributed by atoms with Gasteiger partial charge in [-0.25, -0.2) is 5.43 Å². The van der Waals surface area contributed by atoms with Crippen LogP contribution in [0.3, 0.4) is 0 Å². The van der Waals surface area contributed by atoms with E-state index in [0.29, 0.717) is 36.5 Å². The Morgan fingerprint density at radius 2 is 1.70 bits per heavy atom. The molecule has 2 aromatic rings. The zero-order valence-electron chi connectivity index (χ0n) is 12.8. The summed E-state index contributed by atoms with van der Waals surface area (Å²) >= 11 is 3.34. The summed E-state index contributed by atoms with van der Waals surface area (Å²) in [4.78, 5) is 12.6. The summed E-state index contributed by atoms with van der Waals surface area (Å²) in [5, 5.41) is 19.9. The number of hydrogen-bond acceptors (Lipinski definition) is 8. The zero-order valence-corrected chi connectivity index (χ0v) is 14.4. The van der Waals surface area contributed by atoms with E-state index in [1.807, 2.05) is 13.8 Å². The van der Waals surface area contributed by atoms with Crippen LogP contribution in [-0.2, 0) is 0 Å². The first-order chi connectivity index (χ1) is 11.1. The molecule has 0 radical (unpaired) electrons. The lowest BCUT2D eigenvalue weighted by Crippen LogP contribution is -2.10. The molecule has 0 amide bonds. The molecule has 0 bridgehead atoms. The van der Waals surface area contributed by atoms with Crippen LogP contribution in [0.1, 0.15) is 19.4 Å². The number of hydrazone groups is 1. The van der Waals surface area contributed by atoms with E-state index in [4.69, 9.17) is 0 Å². The Morgan fingerprint density at radius 1 is 1.09 bits per heavy atom. The van der Waals surface area contributed by atoms with E-state index in [1.165, 1.54) is 6.21 Å². The number of benzene rings is 1. The van der Waals surface area contributed by atoms with Crippen LogP contribution in [0.15, 0.2) is 27.8 Å². The summed E-state index contributed by atoms with van der Waals surface area (Å²) in [6, 6.07) is 5.08. The summed E-state index contributed by atoms with van der Waals surface area (Å²) in [6.07, 6.45) is 1.49. The van der Waals surface area contributed by atoms with Crippen molar-refractivity contribution in [2.75, 3.05) is 29.1 Å². The van der Waals surface area contributed by atoms with Crippen molar-refractivity contribution in [3.63, 3.8) is 0 Å². The quantitative estimate of drug-likeness (QED) is 0.432. The Kier molecular flexibility index (Phi) is 6.10. The molecular weight excluding hydrogens is 362 g/mol. The van der Waals surface area contributed by atoms with Gasteiger partial charge in [-0.05, 0) is 32.0 Å². The Balaban J connectivity index is 2.15. The maximum Gasteiger partial charge on any atom is 0.250 e. The highest BCUT2D eigenvalue weighted by Gasteiger charge is 2.05. The minimum absolute atomic E-state index is 0.135. The van der Waals surface area contributed by atoms with Gasteiger partial charge in [0.1, 0.15) is 5.75 Å². The molecule has 122 valence electrons. The highest BCUT2D eigenvalue weighted by molar-refractivity contribution is 9.10. The fourth-order valence-electron chi connectivity index (χ4n) is 1.69. The molecule has 0 saturated heterocycles. The van der Waals surface area contributed by atoms with Crippen molar-refractivity contribution >= 4 is 40.0 Å². The second-order valence-corrected chi connectivity index (χ2v) is 5.36.